The molecule has 5 rings (SSSR count). The minimum absolute atomic E-state index is 0.202. The molecule has 3 heterocycles. The van der Waals surface area contributed by atoms with Gasteiger partial charge in [-0.25, -0.2) is 0 Å². The monoisotopic (exact) mass is 445 g/mol. The summed E-state index contributed by atoms with van der Waals surface area (Å²) in [5, 5.41) is 0. The molecular formula is C28H35N3O2. The zero-order valence-electron chi connectivity index (χ0n) is 20.1. The molecule has 0 N–H and O–H groups in total. The summed E-state index contributed by atoms with van der Waals surface area (Å²) < 4.78 is 0. The second-order valence-corrected chi connectivity index (χ2v) is 10.4. The van der Waals surface area contributed by atoms with Crippen LogP contribution in [-0.4, -0.2) is 65.3 Å². The molecule has 3 saturated heterocycles. The van der Waals surface area contributed by atoms with E-state index in [9.17, 15) is 9.59 Å². The first-order valence-corrected chi connectivity index (χ1v) is 12.3. The molecule has 2 amide bonds. The van der Waals surface area contributed by atoms with Crippen LogP contribution >= 0.6 is 0 Å². The Morgan fingerprint density at radius 2 is 1.79 bits per heavy atom. The molecule has 3 aliphatic rings. The van der Waals surface area contributed by atoms with Gasteiger partial charge in [-0.3, -0.25) is 14.5 Å². The number of carbonyl (C=O) groups excluding carboxylic acids is 2. The third-order valence-electron chi connectivity index (χ3n) is 8.09. The fraction of sp³-hybridized carbons (Fsp3) is 0.500. The summed E-state index contributed by atoms with van der Waals surface area (Å²) in [6.07, 6.45) is 2.26. The van der Waals surface area contributed by atoms with Gasteiger partial charge in [0.1, 0.15) is 0 Å². The van der Waals surface area contributed by atoms with Crippen molar-refractivity contribution in [2.24, 2.45) is 0 Å². The molecule has 0 bridgehead atoms. The highest BCUT2D eigenvalue weighted by Gasteiger charge is 2.55. The molecule has 0 radical (unpaired) electrons. The van der Waals surface area contributed by atoms with E-state index in [0.717, 1.165) is 56.7 Å². The first-order chi connectivity index (χ1) is 15.9. The fourth-order valence-corrected chi connectivity index (χ4v) is 5.98. The van der Waals surface area contributed by atoms with E-state index in [1.165, 1.54) is 16.7 Å². The van der Waals surface area contributed by atoms with E-state index in [1.807, 2.05) is 11.0 Å². The second kappa shape index (κ2) is 8.60. The van der Waals surface area contributed by atoms with Gasteiger partial charge >= 0.3 is 0 Å². The van der Waals surface area contributed by atoms with Crippen molar-refractivity contribution in [2.75, 3.05) is 32.7 Å². The average Bonchev–Trinajstić information content (AvgIpc) is 3.36. The van der Waals surface area contributed by atoms with Crippen LogP contribution in [0, 0.1) is 20.8 Å². The minimum atomic E-state index is -0.608. The minimum Gasteiger partial charge on any atom is -0.339 e. The summed E-state index contributed by atoms with van der Waals surface area (Å²) in [5.74, 6) is 0.418. The van der Waals surface area contributed by atoms with Gasteiger partial charge in [-0.2, -0.15) is 0 Å². The number of benzene rings is 2. The van der Waals surface area contributed by atoms with Crippen molar-refractivity contribution in [3.63, 3.8) is 0 Å². The van der Waals surface area contributed by atoms with Crippen LogP contribution in [0.1, 0.15) is 47.1 Å². The van der Waals surface area contributed by atoms with Crippen LogP contribution in [0.5, 0.6) is 0 Å². The first-order valence-electron chi connectivity index (χ1n) is 12.3. The lowest BCUT2D eigenvalue weighted by atomic mass is 9.76. The maximum Gasteiger partial charge on any atom is 0.235 e. The third kappa shape index (κ3) is 4.08. The molecule has 0 aliphatic carbocycles. The van der Waals surface area contributed by atoms with Crippen LogP contribution in [0.25, 0.3) is 0 Å². The molecule has 33 heavy (non-hydrogen) atoms. The summed E-state index contributed by atoms with van der Waals surface area (Å²) in [7, 11) is 0. The van der Waals surface area contributed by atoms with Crippen molar-refractivity contribution in [1.29, 1.82) is 0 Å². The predicted octanol–water partition coefficient (Wildman–Crippen LogP) is 3.59. The van der Waals surface area contributed by atoms with Crippen molar-refractivity contribution < 1.29 is 9.59 Å². The highest BCUT2D eigenvalue weighted by molar-refractivity contribution is 5.91. The SMILES string of the molecule is Cc1cccc([C@]2(C(=O)N3CCN(Cc4ccc(C)c(C)c4)CC3)C[C@@H]3CCC(=O)N3C2)c1. The van der Waals surface area contributed by atoms with Gasteiger partial charge in [-0.1, -0.05) is 48.0 Å². The third-order valence-corrected chi connectivity index (χ3v) is 8.09. The van der Waals surface area contributed by atoms with E-state index in [4.69, 9.17) is 0 Å². The summed E-state index contributed by atoms with van der Waals surface area (Å²) in [6.45, 7) is 11.1. The molecule has 0 unspecified atom stereocenters. The largest absolute Gasteiger partial charge is 0.339 e. The number of hydrogen-bond donors (Lipinski definition) is 0. The molecule has 0 spiro atoms. The number of fused-ring (bicyclic) bond motifs is 1. The molecule has 2 atom stereocenters. The molecule has 5 heteroatoms. The Morgan fingerprint density at radius 1 is 1.00 bits per heavy atom. The zero-order chi connectivity index (χ0) is 23.2. The summed E-state index contributed by atoms with van der Waals surface area (Å²) in [4.78, 5) is 33.1. The Balaban J connectivity index is 1.32. The van der Waals surface area contributed by atoms with Crippen molar-refractivity contribution in [3.8, 4) is 0 Å². The first kappa shape index (κ1) is 22.1. The number of nitrogens with zero attached hydrogens (tertiary/aromatic N) is 3. The lowest BCUT2D eigenvalue weighted by molar-refractivity contribution is -0.139. The summed E-state index contributed by atoms with van der Waals surface area (Å²) >= 11 is 0. The normalized spacial score (nSPS) is 25.5. The molecule has 5 nitrogen and oxygen atoms in total. The van der Waals surface area contributed by atoms with E-state index < -0.39 is 5.41 Å². The Hall–Kier alpha value is -2.66. The maximum absolute atomic E-state index is 14.1. The van der Waals surface area contributed by atoms with Crippen LogP contribution < -0.4 is 0 Å². The van der Waals surface area contributed by atoms with E-state index in [2.05, 4.69) is 67.0 Å². The number of hydrogen-bond acceptors (Lipinski definition) is 3. The van der Waals surface area contributed by atoms with Crippen LogP contribution in [0.4, 0.5) is 0 Å². The molecule has 2 aromatic rings. The van der Waals surface area contributed by atoms with Gasteiger partial charge in [-0.05, 0) is 55.9 Å². The van der Waals surface area contributed by atoms with Crippen LogP contribution in [0.2, 0.25) is 0 Å². The Morgan fingerprint density at radius 3 is 2.48 bits per heavy atom. The highest BCUT2D eigenvalue weighted by Crippen LogP contribution is 2.44. The second-order valence-electron chi connectivity index (χ2n) is 10.4. The number of amides is 2. The van der Waals surface area contributed by atoms with Gasteiger partial charge in [0.15, 0.2) is 0 Å². The molecule has 3 fully saturated rings. The lowest BCUT2D eigenvalue weighted by Crippen LogP contribution is -2.55. The van der Waals surface area contributed by atoms with Crippen molar-refractivity contribution in [2.45, 2.75) is 58.0 Å². The number of rotatable bonds is 4. The number of carbonyl (C=O) groups is 2. The Kier molecular flexibility index (Phi) is 5.77. The van der Waals surface area contributed by atoms with E-state index in [-0.39, 0.29) is 17.9 Å². The zero-order valence-corrected chi connectivity index (χ0v) is 20.1. The van der Waals surface area contributed by atoms with Crippen molar-refractivity contribution >= 4 is 11.8 Å². The molecule has 174 valence electrons. The van der Waals surface area contributed by atoms with Gasteiger partial charge in [0.2, 0.25) is 11.8 Å². The van der Waals surface area contributed by atoms with Crippen molar-refractivity contribution in [1.82, 2.24) is 14.7 Å². The molecular weight excluding hydrogens is 410 g/mol. The molecule has 0 saturated carbocycles. The quantitative estimate of drug-likeness (QED) is 0.723. The number of aryl methyl sites for hydroxylation is 3. The fourth-order valence-electron chi connectivity index (χ4n) is 5.98. The Labute approximate surface area is 197 Å². The number of piperazine rings is 1. The topological polar surface area (TPSA) is 43.9 Å². The Bertz CT molecular complexity index is 1070. The molecule has 3 aliphatic heterocycles. The molecule has 2 aromatic carbocycles. The van der Waals surface area contributed by atoms with E-state index in [1.54, 1.807) is 0 Å². The van der Waals surface area contributed by atoms with E-state index in [0.29, 0.717) is 13.0 Å². The van der Waals surface area contributed by atoms with Gasteiger partial charge in [0.25, 0.3) is 0 Å². The predicted molar refractivity (Wildman–Crippen MR) is 130 cm³/mol. The lowest BCUT2D eigenvalue weighted by Gasteiger charge is -2.40. The summed E-state index contributed by atoms with van der Waals surface area (Å²) in [5.41, 5.74) is 5.62. The highest BCUT2D eigenvalue weighted by atomic mass is 16.2. The van der Waals surface area contributed by atoms with E-state index >= 15 is 0 Å². The van der Waals surface area contributed by atoms with Gasteiger partial charge < -0.3 is 9.80 Å². The van der Waals surface area contributed by atoms with Gasteiger partial charge in [0.05, 0.1) is 5.41 Å². The van der Waals surface area contributed by atoms with Crippen LogP contribution in [0.15, 0.2) is 42.5 Å². The smallest absolute Gasteiger partial charge is 0.235 e. The molecule has 0 aromatic heterocycles. The standard InChI is InChI=1S/C28H35N3O2/c1-20-5-4-6-24(15-20)28(17-25-9-10-26(32)31(25)19-28)27(33)30-13-11-29(12-14-30)18-23-8-7-21(2)22(3)16-23/h4-8,15-16,25H,9-14,17-19H2,1-3H3/t25-,28-/m0/s1. The van der Waals surface area contributed by atoms with Crippen molar-refractivity contribution in [3.05, 3.63) is 70.3 Å². The van der Waals surface area contributed by atoms with Crippen LogP contribution in [-0.2, 0) is 21.5 Å². The maximum atomic E-state index is 14.1. The average molecular weight is 446 g/mol. The van der Waals surface area contributed by atoms with Gasteiger partial charge in [0, 0.05) is 51.7 Å². The van der Waals surface area contributed by atoms with Crippen LogP contribution in [0.3, 0.4) is 0 Å². The summed E-state index contributed by atoms with van der Waals surface area (Å²) in [6, 6.07) is 15.3. The van der Waals surface area contributed by atoms with Gasteiger partial charge in [-0.15, -0.1) is 0 Å².